The van der Waals surface area contributed by atoms with E-state index in [0.717, 1.165) is 0 Å². The molecule has 0 bridgehead atoms. The van der Waals surface area contributed by atoms with Gasteiger partial charge in [0.1, 0.15) is 18.6 Å². The third-order valence-electron chi connectivity index (χ3n) is 2.52. The largest absolute Gasteiger partial charge is 0.390 e. The van der Waals surface area contributed by atoms with Gasteiger partial charge in [0.05, 0.1) is 0 Å². The maximum absolute atomic E-state index is 12.9. The highest BCUT2D eigenvalue weighted by atomic mass is 19.3. The first kappa shape index (κ1) is 14.1. The van der Waals surface area contributed by atoms with Gasteiger partial charge < -0.3 is 4.84 Å². The minimum atomic E-state index is -2.50. The van der Waals surface area contributed by atoms with Crippen LogP contribution in [0.15, 0.2) is 53.7 Å². The minimum absolute atomic E-state index is 0.0590. The predicted molar refractivity (Wildman–Crippen MR) is 69.1 cm³/mol. The summed E-state index contributed by atoms with van der Waals surface area (Å²) in [5.74, 6) is -0.346. The van der Waals surface area contributed by atoms with E-state index >= 15 is 0 Å². The monoisotopic (exact) mass is 278 g/mol. The van der Waals surface area contributed by atoms with Gasteiger partial charge in [0.25, 0.3) is 6.43 Å². The molecule has 0 saturated carbocycles. The van der Waals surface area contributed by atoms with Crippen LogP contribution in [0, 0.1) is 5.82 Å². The van der Waals surface area contributed by atoms with Gasteiger partial charge in [0, 0.05) is 11.1 Å². The Morgan fingerprint density at radius 3 is 2.50 bits per heavy atom. The molecule has 0 aliphatic rings. The quantitative estimate of drug-likeness (QED) is 0.593. The predicted octanol–water partition coefficient (Wildman–Crippen LogP) is 4.19. The average Bonchev–Trinajstić information content (AvgIpc) is 2.44. The van der Waals surface area contributed by atoms with E-state index in [4.69, 9.17) is 4.84 Å². The zero-order chi connectivity index (χ0) is 14.4. The van der Waals surface area contributed by atoms with Crippen LogP contribution in [-0.4, -0.2) is 6.21 Å². The molecule has 0 heterocycles. The lowest BCUT2D eigenvalue weighted by Crippen LogP contribution is -1.90. The summed E-state index contributed by atoms with van der Waals surface area (Å²) in [7, 11) is 0. The molecule has 0 atom stereocenters. The fourth-order valence-corrected chi connectivity index (χ4v) is 1.52. The smallest absolute Gasteiger partial charge is 0.263 e. The van der Waals surface area contributed by atoms with Crippen LogP contribution in [0.1, 0.15) is 23.1 Å². The Labute approximate surface area is 114 Å². The van der Waals surface area contributed by atoms with Crippen molar-refractivity contribution in [3.8, 4) is 0 Å². The first-order valence-electron chi connectivity index (χ1n) is 5.86. The summed E-state index contributed by atoms with van der Waals surface area (Å²) in [5, 5.41) is 3.58. The van der Waals surface area contributed by atoms with Crippen LogP contribution < -0.4 is 0 Å². The van der Waals surface area contributed by atoms with Gasteiger partial charge in [-0.3, -0.25) is 0 Å². The highest BCUT2D eigenvalue weighted by molar-refractivity contribution is 5.79. The number of hydrogen-bond acceptors (Lipinski definition) is 2. The molecule has 0 unspecified atom stereocenters. The van der Waals surface area contributed by atoms with Crippen LogP contribution in [0.3, 0.4) is 0 Å². The lowest BCUT2D eigenvalue weighted by molar-refractivity contribution is 0.132. The molecule has 2 nitrogen and oxygen atoms in total. The van der Waals surface area contributed by atoms with Crippen molar-refractivity contribution in [1.82, 2.24) is 0 Å². The molecular weight excluding hydrogens is 267 g/mol. The Bertz CT molecular complexity index is 582. The molecule has 0 aliphatic carbocycles. The molecule has 2 aromatic rings. The molecule has 0 fully saturated rings. The average molecular weight is 278 g/mol. The van der Waals surface area contributed by atoms with E-state index < -0.39 is 6.43 Å². The summed E-state index contributed by atoms with van der Waals surface area (Å²) in [6.07, 6.45) is 0.0646. The Morgan fingerprint density at radius 1 is 1.10 bits per heavy atom. The number of nitrogens with zero attached hydrogens (tertiary/aromatic N) is 1. The summed E-state index contributed by atoms with van der Waals surface area (Å²) in [4.78, 5) is 4.96. The van der Waals surface area contributed by atoms with Crippen molar-refractivity contribution in [1.29, 1.82) is 0 Å². The molecule has 20 heavy (non-hydrogen) atoms. The van der Waals surface area contributed by atoms with Crippen molar-refractivity contribution < 1.29 is 18.0 Å². The zero-order valence-corrected chi connectivity index (χ0v) is 10.4. The molecule has 0 N–H and O–H groups in total. The molecule has 0 aromatic heterocycles. The van der Waals surface area contributed by atoms with Crippen molar-refractivity contribution in [3.05, 3.63) is 71.0 Å². The molecule has 5 heteroatoms. The second-order valence-electron chi connectivity index (χ2n) is 4.03. The number of alkyl halides is 2. The topological polar surface area (TPSA) is 21.6 Å². The number of halogens is 3. The highest BCUT2D eigenvalue weighted by Gasteiger charge is 2.05. The highest BCUT2D eigenvalue weighted by Crippen LogP contribution is 2.18. The number of hydrogen-bond donors (Lipinski definition) is 0. The first-order chi connectivity index (χ1) is 9.65. The fourth-order valence-electron chi connectivity index (χ4n) is 1.52. The lowest BCUT2D eigenvalue weighted by atomic mass is 10.1. The second-order valence-corrected chi connectivity index (χ2v) is 4.03. The van der Waals surface area contributed by atoms with E-state index in [2.05, 4.69) is 11.4 Å². The normalized spacial score (nSPS) is 11.2. The van der Waals surface area contributed by atoms with Crippen LogP contribution in [0.2, 0.25) is 0 Å². The first-order valence-corrected chi connectivity index (χ1v) is 5.86. The summed E-state index contributed by atoms with van der Waals surface area (Å²) < 4.78 is 37.5. The fraction of sp³-hybridized carbons (Fsp3) is 0.133. The Balaban J connectivity index is 1.87. The van der Waals surface area contributed by atoms with E-state index in [-0.39, 0.29) is 18.0 Å². The van der Waals surface area contributed by atoms with Crippen LogP contribution >= 0.6 is 0 Å². The van der Waals surface area contributed by atoms with Gasteiger partial charge in [0.2, 0.25) is 0 Å². The number of rotatable bonds is 5. The zero-order valence-electron chi connectivity index (χ0n) is 10.4. The molecule has 103 valence electrons. The molecule has 0 saturated heterocycles. The maximum atomic E-state index is 12.9. The van der Waals surface area contributed by atoms with Crippen molar-refractivity contribution in [2.45, 2.75) is 13.0 Å². The van der Waals surface area contributed by atoms with E-state index in [9.17, 15) is 13.2 Å². The minimum Gasteiger partial charge on any atom is -0.390 e. The van der Waals surface area contributed by atoms with Crippen molar-refractivity contribution in [2.24, 2.45) is 5.16 Å². The maximum Gasteiger partial charge on any atom is 0.263 e. The van der Waals surface area contributed by atoms with E-state index in [1.807, 2.05) is 0 Å². The van der Waals surface area contributed by atoms with Gasteiger partial charge in [-0.05, 0) is 17.7 Å². The molecule has 0 amide bonds. The third-order valence-corrected chi connectivity index (χ3v) is 2.52. The molecule has 2 rings (SSSR count). The Kier molecular flexibility index (Phi) is 4.76. The van der Waals surface area contributed by atoms with Crippen LogP contribution in [0.25, 0.3) is 0 Å². The van der Waals surface area contributed by atoms with Gasteiger partial charge >= 0.3 is 0 Å². The third kappa shape index (κ3) is 4.12. The SMILES string of the molecule is Fc1cccc(CO/N=[C]\c2ccc(C(F)F)cc2)c1. The van der Waals surface area contributed by atoms with Gasteiger partial charge in [0.15, 0.2) is 0 Å². The van der Waals surface area contributed by atoms with E-state index in [1.165, 1.54) is 36.4 Å². The van der Waals surface area contributed by atoms with Crippen LogP contribution in [0.4, 0.5) is 13.2 Å². The lowest BCUT2D eigenvalue weighted by Gasteiger charge is -2.00. The van der Waals surface area contributed by atoms with Crippen molar-refractivity contribution in [2.75, 3.05) is 0 Å². The van der Waals surface area contributed by atoms with Crippen LogP contribution in [0.5, 0.6) is 0 Å². The second kappa shape index (κ2) is 6.75. The van der Waals surface area contributed by atoms with Crippen LogP contribution in [-0.2, 0) is 11.4 Å². The molecule has 2 aromatic carbocycles. The van der Waals surface area contributed by atoms with E-state index in [1.54, 1.807) is 12.1 Å². The Hall–Kier alpha value is -2.30. The summed E-state index contributed by atoms with van der Waals surface area (Å²) >= 11 is 0. The summed E-state index contributed by atoms with van der Waals surface area (Å²) in [5.41, 5.74) is 1.11. The van der Waals surface area contributed by atoms with Gasteiger partial charge in [-0.2, -0.15) is 0 Å². The van der Waals surface area contributed by atoms with Crippen molar-refractivity contribution >= 4 is 6.21 Å². The standard InChI is InChI=1S/C15H11F3NO/c16-14-3-1-2-12(8-14)10-20-19-9-11-4-6-13(7-5-11)15(17)18/h1-8,15H,10H2. The Morgan fingerprint density at radius 2 is 1.85 bits per heavy atom. The molecular formula is C15H11F3NO. The summed E-state index contributed by atoms with van der Waals surface area (Å²) in [6.45, 7) is 0.111. The molecule has 0 spiro atoms. The van der Waals surface area contributed by atoms with Crippen molar-refractivity contribution in [3.63, 3.8) is 0 Å². The summed E-state index contributed by atoms with van der Waals surface area (Å²) in [6, 6.07) is 11.5. The van der Waals surface area contributed by atoms with Gasteiger partial charge in [-0.15, -0.1) is 0 Å². The van der Waals surface area contributed by atoms with Gasteiger partial charge in [-0.1, -0.05) is 41.6 Å². The molecule has 0 aliphatic heterocycles. The van der Waals surface area contributed by atoms with E-state index in [0.29, 0.717) is 11.1 Å². The molecule has 1 radical (unpaired) electrons. The van der Waals surface area contributed by atoms with Gasteiger partial charge in [-0.25, -0.2) is 13.2 Å². The number of benzene rings is 2.